The summed E-state index contributed by atoms with van der Waals surface area (Å²) in [6, 6.07) is 4.39. The van der Waals surface area contributed by atoms with E-state index in [0.29, 0.717) is 38.5 Å². The summed E-state index contributed by atoms with van der Waals surface area (Å²) in [4.78, 5) is 14.3. The number of carbonyl (C=O) groups is 1. The van der Waals surface area contributed by atoms with E-state index in [1.54, 1.807) is 6.92 Å². The smallest absolute Gasteiger partial charge is 0.255 e. The van der Waals surface area contributed by atoms with E-state index in [1.807, 2.05) is 7.05 Å². The Morgan fingerprint density at radius 1 is 1.26 bits per heavy atom. The fourth-order valence-electron chi connectivity index (χ4n) is 2.46. The van der Waals surface area contributed by atoms with Gasteiger partial charge in [-0.05, 0) is 32.2 Å². The van der Waals surface area contributed by atoms with Crippen LogP contribution in [0.15, 0.2) is 23.1 Å². The molecule has 7 nitrogen and oxygen atoms in total. The molecule has 23 heavy (non-hydrogen) atoms. The van der Waals surface area contributed by atoms with Crippen molar-refractivity contribution in [2.24, 2.45) is 0 Å². The van der Waals surface area contributed by atoms with Crippen molar-refractivity contribution < 1.29 is 17.9 Å². The SMILES string of the molecule is CCNC(=O)c1cc(S(=O)(=O)N2CCN(C)CC2)ccc1OC. The predicted octanol–water partition coefficient (Wildman–Crippen LogP) is 0.381. The van der Waals surface area contributed by atoms with Crippen LogP contribution in [-0.4, -0.2) is 70.4 Å². The van der Waals surface area contributed by atoms with Crippen LogP contribution >= 0.6 is 0 Å². The Morgan fingerprint density at radius 3 is 2.48 bits per heavy atom. The van der Waals surface area contributed by atoms with Crippen LogP contribution in [0.1, 0.15) is 17.3 Å². The minimum Gasteiger partial charge on any atom is -0.496 e. The van der Waals surface area contributed by atoms with Crippen LogP contribution in [-0.2, 0) is 10.0 Å². The maximum atomic E-state index is 12.8. The molecule has 1 amide bonds. The number of rotatable bonds is 5. The Bertz CT molecular complexity index is 667. The number of amides is 1. The molecule has 1 aromatic rings. The van der Waals surface area contributed by atoms with Gasteiger partial charge in [0.05, 0.1) is 17.6 Å². The highest BCUT2D eigenvalue weighted by atomic mass is 32.2. The molecule has 1 fully saturated rings. The number of sulfonamides is 1. The van der Waals surface area contributed by atoms with Crippen LogP contribution in [0, 0.1) is 0 Å². The Kier molecular flexibility index (Phi) is 5.61. The second-order valence-electron chi connectivity index (χ2n) is 5.43. The number of benzene rings is 1. The average molecular weight is 341 g/mol. The maximum absolute atomic E-state index is 12.8. The average Bonchev–Trinajstić information content (AvgIpc) is 2.54. The Hall–Kier alpha value is -1.64. The van der Waals surface area contributed by atoms with E-state index in [-0.39, 0.29) is 16.4 Å². The third-order valence-electron chi connectivity index (χ3n) is 3.85. The molecule has 0 spiro atoms. The van der Waals surface area contributed by atoms with E-state index in [4.69, 9.17) is 4.74 Å². The summed E-state index contributed by atoms with van der Waals surface area (Å²) < 4.78 is 32.1. The van der Waals surface area contributed by atoms with Crippen LogP contribution in [0.2, 0.25) is 0 Å². The van der Waals surface area contributed by atoms with Crippen molar-refractivity contribution in [3.05, 3.63) is 23.8 Å². The molecule has 1 saturated heterocycles. The molecule has 0 saturated carbocycles. The second-order valence-corrected chi connectivity index (χ2v) is 7.37. The van der Waals surface area contributed by atoms with Crippen molar-refractivity contribution >= 4 is 15.9 Å². The number of ether oxygens (including phenoxy) is 1. The van der Waals surface area contributed by atoms with Gasteiger partial charge in [0, 0.05) is 32.7 Å². The van der Waals surface area contributed by atoms with Crippen LogP contribution in [0.25, 0.3) is 0 Å². The normalized spacial score (nSPS) is 17.0. The summed E-state index contributed by atoms with van der Waals surface area (Å²) in [5.41, 5.74) is 0.226. The molecule has 8 heteroatoms. The number of methoxy groups -OCH3 is 1. The van der Waals surface area contributed by atoms with E-state index >= 15 is 0 Å². The maximum Gasteiger partial charge on any atom is 0.255 e. The predicted molar refractivity (Wildman–Crippen MR) is 87.3 cm³/mol. The minimum absolute atomic E-state index is 0.115. The van der Waals surface area contributed by atoms with Gasteiger partial charge >= 0.3 is 0 Å². The molecule has 1 aliphatic heterocycles. The molecule has 0 bridgehead atoms. The zero-order chi connectivity index (χ0) is 17.0. The van der Waals surface area contributed by atoms with Crippen LogP contribution < -0.4 is 10.1 Å². The molecule has 0 atom stereocenters. The molecular formula is C15H23N3O4S. The summed E-state index contributed by atoms with van der Waals surface area (Å²) >= 11 is 0. The van der Waals surface area contributed by atoms with Crippen molar-refractivity contribution in [2.75, 3.05) is 46.9 Å². The van der Waals surface area contributed by atoms with Gasteiger partial charge in [-0.3, -0.25) is 4.79 Å². The number of nitrogens with zero attached hydrogens (tertiary/aromatic N) is 2. The largest absolute Gasteiger partial charge is 0.496 e. The van der Waals surface area contributed by atoms with Gasteiger partial charge in [-0.25, -0.2) is 8.42 Å². The molecule has 2 rings (SSSR count). The first-order valence-electron chi connectivity index (χ1n) is 7.55. The second kappa shape index (κ2) is 7.29. The van der Waals surface area contributed by atoms with Gasteiger partial charge < -0.3 is 15.0 Å². The molecule has 1 aliphatic rings. The first-order valence-corrected chi connectivity index (χ1v) is 8.99. The lowest BCUT2D eigenvalue weighted by molar-refractivity contribution is 0.0952. The molecule has 1 N–H and O–H groups in total. The number of hydrogen-bond acceptors (Lipinski definition) is 5. The third-order valence-corrected chi connectivity index (χ3v) is 5.75. The highest BCUT2D eigenvalue weighted by Gasteiger charge is 2.28. The van der Waals surface area contributed by atoms with Gasteiger partial charge in [-0.1, -0.05) is 0 Å². The fourth-order valence-corrected chi connectivity index (χ4v) is 3.91. The van der Waals surface area contributed by atoms with Crippen LogP contribution in [0.3, 0.4) is 0 Å². The van der Waals surface area contributed by atoms with Gasteiger partial charge in [0.1, 0.15) is 5.75 Å². The lowest BCUT2D eigenvalue weighted by Crippen LogP contribution is -2.47. The van der Waals surface area contributed by atoms with Gasteiger partial charge in [0.2, 0.25) is 10.0 Å². The molecule has 1 heterocycles. The van der Waals surface area contributed by atoms with E-state index in [2.05, 4.69) is 10.2 Å². The van der Waals surface area contributed by atoms with Gasteiger partial charge in [-0.2, -0.15) is 4.31 Å². The van der Waals surface area contributed by atoms with Crippen molar-refractivity contribution in [3.63, 3.8) is 0 Å². The fraction of sp³-hybridized carbons (Fsp3) is 0.533. The van der Waals surface area contributed by atoms with Crippen molar-refractivity contribution in [1.29, 1.82) is 0 Å². The standard InChI is InChI=1S/C15H23N3O4S/c1-4-16-15(19)13-11-12(5-6-14(13)22-3)23(20,21)18-9-7-17(2)8-10-18/h5-6,11H,4,7-10H2,1-3H3,(H,16,19). The summed E-state index contributed by atoms with van der Waals surface area (Å²) in [7, 11) is -0.196. The number of piperazine rings is 1. The molecular weight excluding hydrogens is 318 g/mol. The number of nitrogens with one attached hydrogen (secondary N) is 1. The molecule has 0 radical (unpaired) electrons. The highest BCUT2D eigenvalue weighted by Crippen LogP contribution is 2.25. The lowest BCUT2D eigenvalue weighted by atomic mass is 10.2. The molecule has 0 aromatic heterocycles. The molecule has 1 aromatic carbocycles. The van der Waals surface area contributed by atoms with Crippen molar-refractivity contribution in [2.45, 2.75) is 11.8 Å². The van der Waals surface area contributed by atoms with Crippen LogP contribution in [0.4, 0.5) is 0 Å². The Labute approximate surface area is 137 Å². The van der Waals surface area contributed by atoms with Gasteiger partial charge in [0.25, 0.3) is 5.91 Å². The Morgan fingerprint density at radius 2 is 1.91 bits per heavy atom. The van der Waals surface area contributed by atoms with E-state index in [0.717, 1.165) is 0 Å². The first-order chi connectivity index (χ1) is 10.9. The van der Waals surface area contributed by atoms with Gasteiger partial charge in [0.15, 0.2) is 0 Å². The summed E-state index contributed by atoms with van der Waals surface area (Å²) in [6.07, 6.45) is 0. The van der Waals surface area contributed by atoms with E-state index < -0.39 is 10.0 Å². The summed E-state index contributed by atoms with van der Waals surface area (Å²) in [5, 5.41) is 2.67. The number of carbonyl (C=O) groups excluding carboxylic acids is 1. The zero-order valence-electron chi connectivity index (χ0n) is 13.7. The Balaban J connectivity index is 2.35. The third kappa shape index (κ3) is 3.82. The molecule has 128 valence electrons. The zero-order valence-corrected chi connectivity index (χ0v) is 14.5. The number of hydrogen-bond donors (Lipinski definition) is 1. The van der Waals surface area contributed by atoms with Crippen molar-refractivity contribution in [1.82, 2.24) is 14.5 Å². The first kappa shape index (κ1) is 17.7. The topological polar surface area (TPSA) is 79.0 Å². The van der Waals surface area contributed by atoms with Gasteiger partial charge in [-0.15, -0.1) is 0 Å². The summed E-state index contributed by atoms with van der Waals surface area (Å²) in [6.45, 7) is 4.53. The molecule has 0 aliphatic carbocycles. The quantitative estimate of drug-likeness (QED) is 0.838. The lowest BCUT2D eigenvalue weighted by Gasteiger charge is -2.31. The minimum atomic E-state index is -3.61. The highest BCUT2D eigenvalue weighted by molar-refractivity contribution is 7.89. The van der Waals surface area contributed by atoms with Crippen molar-refractivity contribution in [3.8, 4) is 5.75 Å². The molecule has 0 unspecified atom stereocenters. The van der Waals surface area contributed by atoms with E-state index in [9.17, 15) is 13.2 Å². The monoisotopic (exact) mass is 341 g/mol. The summed E-state index contributed by atoms with van der Waals surface area (Å²) in [5.74, 6) is 0.00746. The number of likely N-dealkylation sites (N-methyl/N-ethyl adjacent to an activating group) is 1. The van der Waals surface area contributed by atoms with E-state index in [1.165, 1.54) is 29.6 Å². The van der Waals surface area contributed by atoms with Crippen LogP contribution in [0.5, 0.6) is 5.75 Å².